The van der Waals surface area contributed by atoms with E-state index in [1.165, 1.54) is 11.3 Å². The number of hydrogen-bond donors (Lipinski definition) is 1. The number of thiophene rings is 2. The maximum Gasteiger partial charge on any atom is 0.261 e. The highest BCUT2D eigenvalue weighted by Gasteiger charge is 2.11. The van der Waals surface area contributed by atoms with E-state index in [1.54, 1.807) is 29.4 Å². The molecule has 2 heterocycles. The maximum absolute atomic E-state index is 12.0. The first kappa shape index (κ1) is 16.2. The summed E-state index contributed by atoms with van der Waals surface area (Å²) in [6.45, 7) is 0.938. The minimum Gasteiger partial charge on any atom is -0.351 e. The third-order valence-electron chi connectivity index (χ3n) is 2.84. The molecular weight excluding hydrogens is 372 g/mol. The van der Waals surface area contributed by atoms with E-state index >= 15 is 0 Å². The summed E-state index contributed by atoms with van der Waals surface area (Å²) in [5.74, 6) is -0.106. The summed E-state index contributed by atoms with van der Waals surface area (Å²) in [7, 11) is 1.77. The van der Waals surface area contributed by atoms with Crippen molar-refractivity contribution in [2.45, 2.75) is 13.0 Å². The van der Waals surface area contributed by atoms with Gasteiger partial charge in [-0.3, -0.25) is 9.59 Å². The molecule has 2 amide bonds. The Kier molecular flexibility index (Phi) is 5.96. The lowest BCUT2D eigenvalue weighted by molar-refractivity contribution is -0.130. The van der Waals surface area contributed by atoms with Gasteiger partial charge >= 0.3 is 0 Å². The number of carbonyl (C=O) groups excluding carboxylic acids is 2. The maximum atomic E-state index is 12.0. The average molecular weight is 387 g/mol. The Bertz CT molecular complexity index is 610. The molecule has 2 aromatic heterocycles. The molecule has 112 valence electrons. The van der Waals surface area contributed by atoms with Crippen LogP contribution >= 0.6 is 38.6 Å². The second-order valence-corrected chi connectivity index (χ2v) is 7.73. The van der Waals surface area contributed by atoms with Crippen LogP contribution < -0.4 is 5.32 Å². The fourth-order valence-electron chi connectivity index (χ4n) is 1.76. The van der Waals surface area contributed by atoms with Gasteiger partial charge in [0.25, 0.3) is 5.91 Å². The second kappa shape index (κ2) is 7.72. The molecule has 2 rings (SSSR count). The molecule has 0 saturated heterocycles. The van der Waals surface area contributed by atoms with E-state index in [1.807, 2.05) is 22.9 Å². The summed E-state index contributed by atoms with van der Waals surface area (Å²) in [5.41, 5.74) is 1.10. The van der Waals surface area contributed by atoms with Crippen molar-refractivity contribution in [3.63, 3.8) is 0 Å². The Morgan fingerprint density at radius 2 is 2.19 bits per heavy atom. The Morgan fingerprint density at radius 3 is 2.81 bits per heavy atom. The van der Waals surface area contributed by atoms with Crippen LogP contribution in [0.4, 0.5) is 0 Å². The molecule has 21 heavy (non-hydrogen) atoms. The smallest absolute Gasteiger partial charge is 0.261 e. The predicted octanol–water partition coefficient (Wildman–Crippen LogP) is 3.35. The van der Waals surface area contributed by atoms with Crippen LogP contribution in [0.1, 0.15) is 21.7 Å². The van der Waals surface area contributed by atoms with Crippen molar-refractivity contribution in [1.82, 2.24) is 10.2 Å². The van der Waals surface area contributed by atoms with Crippen LogP contribution in [0.5, 0.6) is 0 Å². The predicted molar refractivity (Wildman–Crippen MR) is 89.8 cm³/mol. The quantitative estimate of drug-likeness (QED) is 0.827. The van der Waals surface area contributed by atoms with Gasteiger partial charge < -0.3 is 10.2 Å². The third-order valence-corrected chi connectivity index (χ3v) is 5.26. The topological polar surface area (TPSA) is 49.4 Å². The molecule has 0 spiro atoms. The van der Waals surface area contributed by atoms with Gasteiger partial charge in [0.2, 0.25) is 5.91 Å². The zero-order chi connectivity index (χ0) is 15.2. The summed E-state index contributed by atoms with van der Waals surface area (Å²) < 4.78 is 1.06. The normalized spacial score (nSPS) is 10.4. The highest BCUT2D eigenvalue weighted by atomic mass is 79.9. The van der Waals surface area contributed by atoms with Crippen LogP contribution in [0, 0.1) is 0 Å². The molecule has 0 aliphatic rings. The van der Waals surface area contributed by atoms with E-state index in [0.29, 0.717) is 24.4 Å². The fraction of sp³-hybridized carbons (Fsp3) is 0.286. The van der Waals surface area contributed by atoms with Gasteiger partial charge in [-0.1, -0.05) is 6.07 Å². The van der Waals surface area contributed by atoms with Gasteiger partial charge in [0, 0.05) is 26.6 Å². The number of nitrogens with zero attached hydrogens (tertiary/aromatic N) is 1. The number of amides is 2. The molecule has 0 aliphatic heterocycles. The van der Waals surface area contributed by atoms with Crippen LogP contribution in [-0.2, 0) is 11.3 Å². The molecule has 0 unspecified atom stereocenters. The van der Waals surface area contributed by atoms with Gasteiger partial charge in [-0.15, -0.1) is 22.7 Å². The largest absolute Gasteiger partial charge is 0.351 e. The summed E-state index contributed by atoms with van der Waals surface area (Å²) >= 11 is 6.40. The van der Waals surface area contributed by atoms with Gasteiger partial charge in [0.05, 0.1) is 8.66 Å². The molecule has 4 nitrogen and oxygen atoms in total. The lowest BCUT2D eigenvalue weighted by atomic mass is 10.3. The third kappa shape index (κ3) is 4.94. The Balaban J connectivity index is 1.72. The van der Waals surface area contributed by atoms with Crippen molar-refractivity contribution >= 4 is 50.4 Å². The monoisotopic (exact) mass is 386 g/mol. The number of carbonyl (C=O) groups is 2. The molecule has 0 radical (unpaired) electrons. The van der Waals surface area contributed by atoms with Gasteiger partial charge in [-0.05, 0) is 44.4 Å². The van der Waals surface area contributed by atoms with Crippen LogP contribution in [0.3, 0.4) is 0 Å². The standard InChI is InChI=1S/C14H15BrN2O2S2/c1-17(8-10-7-12(15)21-9-10)13(18)4-5-16-14(19)11-3-2-6-20-11/h2-3,6-7,9H,4-5,8H2,1H3,(H,16,19). The first-order valence-electron chi connectivity index (χ1n) is 6.35. The van der Waals surface area contributed by atoms with Crippen molar-refractivity contribution in [3.05, 3.63) is 43.2 Å². The second-order valence-electron chi connectivity index (χ2n) is 4.49. The van der Waals surface area contributed by atoms with Gasteiger partial charge in [0.1, 0.15) is 0 Å². The SMILES string of the molecule is CN(Cc1csc(Br)c1)C(=O)CCNC(=O)c1cccs1. The minimum absolute atomic E-state index is 0.0174. The van der Waals surface area contributed by atoms with Crippen molar-refractivity contribution in [2.75, 3.05) is 13.6 Å². The lowest BCUT2D eigenvalue weighted by Gasteiger charge is -2.16. The molecule has 0 aromatic carbocycles. The van der Waals surface area contributed by atoms with Crippen molar-refractivity contribution < 1.29 is 9.59 Å². The van der Waals surface area contributed by atoms with Crippen LogP contribution in [0.15, 0.2) is 32.7 Å². The first-order chi connectivity index (χ1) is 10.1. The van der Waals surface area contributed by atoms with Crippen LogP contribution in [0.25, 0.3) is 0 Å². The van der Waals surface area contributed by atoms with E-state index in [0.717, 1.165) is 9.35 Å². The number of nitrogens with one attached hydrogen (secondary N) is 1. The van der Waals surface area contributed by atoms with Gasteiger partial charge in [-0.2, -0.15) is 0 Å². The molecule has 0 bridgehead atoms. The van der Waals surface area contributed by atoms with E-state index in [9.17, 15) is 9.59 Å². The Hall–Kier alpha value is -1.18. The molecular formula is C14H15BrN2O2S2. The number of halogens is 1. The molecule has 0 saturated carbocycles. The zero-order valence-corrected chi connectivity index (χ0v) is 14.7. The van der Waals surface area contributed by atoms with Gasteiger partial charge in [-0.25, -0.2) is 0 Å². The summed E-state index contributed by atoms with van der Waals surface area (Å²) in [5, 5.41) is 6.63. The summed E-state index contributed by atoms with van der Waals surface area (Å²) in [4.78, 5) is 26.1. The minimum atomic E-state index is -0.123. The molecule has 0 fully saturated rings. The molecule has 7 heteroatoms. The summed E-state index contributed by atoms with van der Waals surface area (Å²) in [6.07, 6.45) is 0.304. The molecule has 0 atom stereocenters. The van der Waals surface area contributed by atoms with E-state index in [-0.39, 0.29) is 11.8 Å². The first-order valence-corrected chi connectivity index (χ1v) is 8.90. The summed E-state index contributed by atoms with van der Waals surface area (Å²) in [6, 6.07) is 5.60. The number of rotatable bonds is 6. The van der Waals surface area contributed by atoms with E-state index in [4.69, 9.17) is 0 Å². The van der Waals surface area contributed by atoms with Crippen molar-refractivity contribution in [3.8, 4) is 0 Å². The number of hydrogen-bond acceptors (Lipinski definition) is 4. The molecule has 1 N–H and O–H groups in total. The van der Waals surface area contributed by atoms with E-state index < -0.39 is 0 Å². The molecule has 0 aliphatic carbocycles. The highest BCUT2D eigenvalue weighted by Crippen LogP contribution is 2.21. The van der Waals surface area contributed by atoms with E-state index in [2.05, 4.69) is 21.2 Å². The highest BCUT2D eigenvalue weighted by molar-refractivity contribution is 9.11. The Labute approximate surface area is 139 Å². The van der Waals surface area contributed by atoms with Gasteiger partial charge in [0.15, 0.2) is 0 Å². The fourth-order valence-corrected chi connectivity index (χ4v) is 3.60. The Morgan fingerprint density at radius 1 is 1.38 bits per heavy atom. The van der Waals surface area contributed by atoms with Crippen molar-refractivity contribution in [1.29, 1.82) is 0 Å². The molecule has 2 aromatic rings. The van der Waals surface area contributed by atoms with Crippen LogP contribution in [0.2, 0.25) is 0 Å². The van der Waals surface area contributed by atoms with Crippen molar-refractivity contribution in [2.24, 2.45) is 0 Å². The average Bonchev–Trinajstić information content (AvgIpc) is 3.10. The lowest BCUT2D eigenvalue weighted by Crippen LogP contribution is -2.31. The zero-order valence-electron chi connectivity index (χ0n) is 11.5. The van der Waals surface area contributed by atoms with Crippen LogP contribution in [-0.4, -0.2) is 30.3 Å².